The zero-order valence-corrected chi connectivity index (χ0v) is 21.5. The maximum Gasteiger partial charge on any atom is 0.286 e. The molecule has 0 unspecified atom stereocenters. The van der Waals surface area contributed by atoms with Gasteiger partial charge < -0.3 is 20.9 Å². The maximum atomic E-state index is 13.7. The summed E-state index contributed by atoms with van der Waals surface area (Å²) in [5.74, 6) is -3.71. The van der Waals surface area contributed by atoms with Gasteiger partial charge in [0.2, 0.25) is 0 Å². The fourth-order valence-corrected chi connectivity index (χ4v) is 4.14. The Bertz CT molecular complexity index is 1440. The number of ether oxygens (including phenoxy) is 1. The van der Waals surface area contributed by atoms with Crippen LogP contribution >= 0.6 is 0 Å². The highest BCUT2D eigenvalue weighted by Crippen LogP contribution is 2.37. The number of halogens is 2. The summed E-state index contributed by atoms with van der Waals surface area (Å²) < 4.78 is 32.7. The molecule has 1 amide bonds. The highest BCUT2D eigenvalue weighted by molar-refractivity contribution is 6.10. The van der Waals surface area contributed by atoms with Crippen LogP contribution in [0.2, 0.25) is 0 Å². The molecule has 1 aliphatic heterocycles. The van der Waals surface area contributed by atoms with Crippen molar-refractivity contribution in [2.24, 2.45) is 10.7 Å². The van der Waals surface area contributed by atoms with Crippen LogP contribution in [0.4, 0.5) is 14.5 Å². The average Bonchev–Trinajstić information content (AvgIpc) is 2.86. The van der Waals surface area contributed by atoms with Gasteiger partial charge in [-0.1, -0.05) is 6.07 Å². The third-order valence-corrected chi connectivity index (χ3v) is 6.29. The second kappa shape index (κ2) is 10.4. The van der Waals surface area contributed by atoms with E-state index in [-0.39, 0.29) is 18.8 Å². The SMILES string of the molecule is CN=CC(=C(C)N)c1ncc(-c2cc(NC(=O)c3ccnc(C(C)(F)F)c3)ccc2C)cc1C1(O)COC1. The fraction of sp³-hybridized carbons (Fsp3) is 0.286. The molecule has 4 N–H and O–H groups in total. The molecule has 0 aliphatic carbocycles. The molecular weight excluding hydrogens is 492 g/mol. The summed E-state index contributed by atoms with van der Waals surface area (Å²) >= 11 is 0. The van der Waals surface area contributed by atoms with Gasteiger partial charge in [0.25, 0.3) is 11.8 Å². The number of allylic oxidation sites excluding steroid dienone is 2. The number of amides is 1. The minimum atomic E-state index is -3.17. The molecule has 0 atom stereocenters. The first kappa shape index (κ1) is 27.0. The lowest BCUT2D eigenvalue weighted by Crippen LogP contribution is -2.47. The number of nitrogens with zero attached hydrogens (tertiary/aromatic N) is 3. The van der Waals surface area contributed by atoms with E-state index in [1.807, 2.05) is 19.1 Å². The van der Waals surface area contributed by atoms with Gasteiger partial charge >= 0.3 is 0 Å². The topological polar surface area (TPSA) is 123 Å². The van der Waals surface area contributed by atoms with Crippen LogP contribution in [0.1, 0.15) is 46.7 Å². The zero-order chi connectivity index (χ0) is 27.7. The van der Waals surface area contributed by atoms with E-state index in [1.165, 1.54) is 12.3 Å². The number of anilines is 1. The van der Waals surface area contributed by atoms with E-state index in [1.54, 1.807) is 38.5 Å². The predicted molar refractivity (Wildman–Crippen MR) is 142 cm³/mol. The predicted octanol–water partition coefficient (Wildman–Crippen LogP) is 4.42. The van der Waals surface area contributed by atoms with E-state index in [0.717, 1.165) is 24.1 Å². The largest absolute Gasteiger partial charge is 0.402 e. The molecule has 1 saturated heterocycles. The number of aryl methyl sites for hydroxylation is 1. The number of nitrogens with two attached hydrogens (primary N) is 1. The standard InChI is InChI=1S/C28H29F2N5O3/c1-16-5-6-20(35-26(36)18-7-8-33-24(10-18)27(3,29)30)11-21(16)19-9-23(28(37)14-38-15-28)25(34-12-19)22(13-32-4)17(2)31/h5-13,37H,14-15,31H2,1-4H3,(H,35,36). The number of alkyl halides is 2. The minimum Gasteiger partial charge on any atom is -0.402 e. The molecule has 0 bridgehead atoms. The van der Waals surface area contributed by atoms with Crippen LogP contribution in [0.5, 0.6) is 0 Å². The van der Waals surface area contributed by atoms with Crippen LogP contribution in [0, 0.1) is 6.92 Å². The zero-order valence-electron chi connectivity index (χ0n) is 21.5. The normalized spacial score (nSPS) is 15.7. The molecule has 3 aromatic rings. The Balaban J connectivity index is 1.72. The third kappa shape index (κ3) is 5.46. The number of carbonyl (C=O) groups excluding carboxylic acids is 1. The van der Waals surface area contributed by atoms with Gasteiger partial charge in [-0.15, -0.1) is 0 Å². The van der Waals surface area contributed by atoms with Crippen molar-refractivity contribution in [3.05, 3.63) is 82.6 Å². The number of aliphatic imine (C=N–C) groups is 1. The Kier molecular flexibility index (Phi) is 7.39. The van der Waals surface area contributed by atoms with Crippen LogP contribution in [0.25, 0.3) is 16.7 Å². The highest BCUT2D eigenvalue weighted by atomic mass is 19.3. The van der Waals surface area contributed by atoms with Crippen LogP contribution in [0.3, 0.4) is 0 Å². The number of carbonyl (C=O) groups is 1. The van der Waals surface area contributed by atoms with E-state index >= 15 is 0 Å². The van der Waals surface area contributed by atoms with Crippen molar-refractivity contribution >= 4 is 23.4 Å². The summed E-state index contributed by atoms with van der Waals surface area (Å²) in [4.78, 5) is 25.2. The smallest absolute Gasteiger partial charge is 0.286 e. The second-order valence-corrected chi connectivity index (χ2v) is 9.43. The van der Waals surface area contributed by atoms with Gasteiger partial charge in [0, 0.05) is 66.2 Å². The number of aliphatic hydroxyl groups is 1. The monoisotopic (exact) mass is 521 g/mol. The van der Waals surface area contributed by atoms with Crippen molar-refractivity contribution in [2.75, 3.05) is 25.6 Å². The Labute approximate surface area is 219 Å². The Morgan fingerprint density at radius 3 is 2.58 bits per heavy atom. The Morgan fingerprint density at radius 1 is 1.24 bits per heavy atom. The third-order valence-electron chi connectivity index (χ3n) is 6.29. The van der Waals surface area contributed by atoms with Crippen molar-refractivity contribution in [1.82, 2.24) is 9.97 Å². The van der Waals surface area contributed by atoms with Gasteiger partial charge in [-0.25, -0.2) is 0 Å². The van der Waals surface area contributed by atoms with Gasteiger partial charge in [-0.2, -0.15) is 8.78 Å². The van der Waals surface area contributed by atoms with Crippen LogP contribution in [-0.2, 0) is 16.3 Å². The number of hydrogen-bond donors (Lipinski definition) is 3. The van der Waals surface area contributed by atoms with Gasteiger partial charge in [0.1, 0.15) is 11.3 Å². The van der Waals surface area contributed by atoms with Crippen molar-refractivity contribution in [1.29, 1.82) is 0 Å². The maximum absolute atomic E-state index is 13.7. The minimum absolute atomic E-state index is 0.0632. The molecule has 0 radical (unpaired) electrons. The molecule has 1 aliphatic rings. The molecule has 0 saturated carbocycles. The van der Waals surface area contributed by atoms with Gasteiger partial charge in [-0.3, -0.25) is 19.8 Å². The van der Waals surface area contributed by atoms with E-state index in [2.05, 4.69) is 20.3 Å². The first-order valence-corrected chi connectivity index (χ1v) is 11.9. The second-order valence-electron chi connectivity index (χ2n) is 9.43. The molecule has 198 valence electrons. The summed E-state index contributed by atoms with van der Waals surface area (Å²) in [6, 6.07) is 9.61. The van der Waals surface area contributed by atoms with Gasteiger partial charge in [0.05, 0.1) is 18.9 Å². The number of pyridine rings is 2. The molecule has 1 aromatic carbocycles. The van der Waals surface area contributed by atoms with Crippen LogP contribution in [0.15, 0.2) is 59.5 Å². The Hall–Kier alpha value is -4.02. The number of hydrogen-bond acceptors (Lipinski definition) is 7. The van der Waals surface area contributed by atoms with Crippen LogP contribution < -0.4 is 11.1 Å². The Morgan fingerprint density at radius 2 is 1.97 bits per heavy atom. The van der Waals surface area contributed by atoms with Gasteiger partial charge in [-0.05, 0) is 55.3 Å². The number of benzene rings is 1. The summed E-state index contributed by atoms with van der Waals surface area (Å²) in [6.45, 7) is 4.61. The molecule has 8 nitrogen and oxygen atoms in total. The summed E-state index contributed by atoms with van der Waals surface area (Å²) in [7, 11) is 1.63. The molecular formula is C28H29F2N5O3. The molecule has 0 spiro atoms. The van der Waals surface area contributed by atoms with Crippen LogP contribution in [-0.4, -0.2) is 47.5 Å². The summed E-state index contributed by atoms with van der Waals surface area (Å²) in [5.41, 5.74) is 9.44. The molecule has 38 heavy (non-hydrogen) atoms. The average molecular weight is 522 g/mol. The number of rotatable bonds is 7. The number of aromatic nitrogens is 2. The van der Waals surface area contributed by atoms with E-state index < -0.39 is 23.1 Å². The van der Waals surface area contributed by atoms with E-state index in [0.29, 0.717) is 33.8 Å². The molecule has 2 aromatic heterocycles. The fourth-order valence-electron chi connectivity index (χ4n) is 4.14. The first-order chi connectivity index (χ1) is 17.9. The van der Waals surface area contributed by atoms with Crippen molar-refractivity contribution in [3.63, 3.8) is 0 Å². The lowest BCUT2D eigenvalue weighted by Gasteiger charge is -2.38. The summed E-state index contributed by atoms with van der Waals surface area (Å²) in [6.07, 6.45) is 4.45. The highest BCUT2D eigenvalue weighted by Gasteiger charge is 2.41. The molecule has 4 rings (SSSR count). The van der Waals surface area contributed by atoms with Gasteiger partial charge in [0.15, 0.2) is 0 Å². The summed E-state index contributed by atoms with van der Waals surface area (Å²) in [5, 5.41) is 14.0. The van der Waals surface area contributed by atoms with Crippen molar-refractivity contribution < 1.29 is 23.4 Å². The van der Waals surface area contributed by atoms with E-state index in [9.17, 15) is 18.7 Å². The molecule has 1 fully saturated rings. The lowest BCUT2D eigenvalue weighted by atomic mass is 9.86. The first-order valence-electron chi connectivity index (χ1n) is 11.9. The molecule has 3 heterocycles. The van der Waals surface area contributed by atoms with Crippen molar-refractivity contribution in [3.8, 4) is 11.1 Å². The lowest BCUT2D eigenvalue weighted by molar-refractivity contribution is -0.184. The van der Waals surface area contributed by atoms with Crippen molar-refractivity contribution in [2.45, 2.75) is 32.3 Å². The quantitative estimate of drug-likeness (QED) is 0.396. The number of nitrogens with one attached hydrogen (secondary N) is 1. The van der Waals surface area contributed by atoms with E-state index in [4.69, 9.17) is 10.5 Å². The molecule has 10 heteroatoms.